The molecular formula is C26H26N2O4S. The minimum atomic E-state index is -0.254. The Kier molecular flexibility index (Phi) is 7.19. The van der Waals surface area contributed by atoms with Crippen molar-refractivity contribution in [3.63, 3.8) is 0 Å². The standard InChI is InChI=1S/C26H26N2O4S/c1-3-32-21-14-10-19(11-15-21)27-25(29)17-28-22-6-4-5-7-23(22)33-24(16-26(28)30)18-8-12-20(31-2)13-9-18/h4-15,24H,3,16-17H2,1-2H3,(H,27,29)/t24-/m0/s1. The number of carbonyl (C=O) groups excluding carboxylic acids is 2. The lowest BCUT2D eigenvalue weighted by Gasteiger charge is -2.22. The number of nitrogens with one attached hydrogen (secondary N) is 1. The lowest BCUT2D eigenvalue weighted by atomic mass is 10.1. The fourth-order valence-electron chi connectivity index (χ4n) is 3.70. The average Bonchev–Trinajstić information content (AvgIpc) is 2.97. The smallest absolute Gasteiger partial charge is 0.244 e. The molecule has 170 valence electrons. The molecule has 6 nitrogen and oxygen atoms in total. The number of rotatable bonds is 7. The zero-order valence-corrected chi connectivity index (χ0v) is 19.4. The van der Waals surface area contributed by atoms with Gasteiger partial charge in [0.25, 0.3) is 0 Å². The number of nitrogens with zero attached hydrogens (tertiary/aromatic N) is 1. The van der Waals surface area contributed by atoms with Crippen LogP contribution in [0.4, 0.5) is 11.4 Å². The summed E-state index contributed by atoms with van der Waals surface area (Å²) in [4.78, 5) is 28.7. The summed E-state index contributed by atoms with van der Waals surface area (Å²) >= 11 is 1.64. The number of carbonyl (C=O) groups is 2. The molecule has 0 radical (unpaired) electrons. The van der Waals surface area contributed by atoms with Crippen molar-refractivity contribution in [1.82, 2.24) is 0 Å². The van der Waals surface area contributed by atoms with E-state index in [0.717, 1.165) is 27.6 Å². The molecular weight excluding hydrogens is 436 g/mol. The van der Waals surface area contributed by atoms with Gasteiger partial charge in [-0.1, -0.05) is 24.3 Å². The number of anilines is 2. The Morgan fingerprint density at radius 2 is 1.73 bits per heavy atom. The Morgan fingerprint density at radius 3 is 2.42 bits per heavy atom. The zero-order valence-electron chi connectivity index (χ0n) is 18.6. The molecule has 1 N–H and O–H groups in total. The summed E-state index contributed by atoms with van der Waals surface area (Å²) in [5, 5.41) is 2.82. The predicted octanol–water partition coefficient (Wildman–Crippen LogP) is 5.30. The largest absolute Gasteiger partial charge is 0.497 e. The molecule has 0 saturated heterocycles. The van der Waals surface area contributed by atoms with Crippen LogP contribution in [0.2, 0.25) is 0 Å². The molecule has 33 heavy (non-hydrogen) atoms. The first-order valence-corrected chi connectivity index (χ1v) is 11.7. The number of benzene rings is 3. The minimum Gasteiger partial charge on any atom is -0.497 e. The average molecular weight is 463 g/mol. The van der Waals surface area contributed by atoms with E-state index in [1.807, 2.05) is 67.6 Å². The number of hydrogen-bond donors (Lipinski definition) is 1. The quantitative estimate of drug-likeness (QED) is 0.516. The Balaban J connectivity index is 1.52. The Morgan fingerprint density at radius 1 is 1.03 bits per heavy atom. The van der Waals surface area contributed by atoms with Crippen molar-refractivity contribution in [3.8, 4) is 11.5 Å². The molecule has 0 unspecified atom stereocenters. The molecule has 7 heteroatoms. The van der Waals surface area contributed by atoms with Crippen molar-refractivity contribution >= 4 is 35.0 Å². The van der Waals surface area contributed by atoms with Gasteiger partial charge in [-0.15, -0.1) is 11.8 Å². The van der Waals surface area contributed by atoms with Crippen molar-refractivity contribution < 1.29 is 19.1 Å². The molecule has 1 atom stereocenters. The summed E-state index contributed by atoms with van der Waals surface area (Å²) in [7, 11) is 1.63. The van der Waals surface area contributed by atoms with Crippen LogP contribution in [0.5, 0.6) is 11.5 Å². The van der Waals surface area contributed by atoms with Crippen LogP contribution in [-0.2, 0) is 9.59 Å². The van der Waals surface area contributed by atoms with Gasteiger partial charge in [0.2, 0.25) is 11.8 Å². The van der Waals surface area contributed by atoms with Crippen LogP contribution in [0, 0.1) is 0 Å². The fraction of sp³-hybridized carbons (Fsp3) is 0.231. The van der Waals surface area contributed by atoms with Crippen molar-refractivity contribution in [2.45, 2.75) is 23.5 Å². The van der Waals surface area contributed by atoms with Crippen LogP contribution in [0.1, 0.15) is 24.2 Å². The number of hydrogen-bond acceptors (Lipinski definition) is 5. The van der Waals surface area contributed by atoms with Gasteiger partial charge in [-0.25, -0.2) is 0 Å². The Bertz CT molecular complexity index is 1120. The molecule has 2 amide bonds. The number of amides is 2. The molecule has 0 spiro atoms. The maximum atomic E-state index is 13.3. The number of fused-ring (bicyclic) bond motifs is 1. The van der Waals surface area contributed by atoms with E-state index in [4.69, 9.17) is 9.47 Å². The van der Waals surface area contributed by atoms with Gasteiger partial charge in [0.1, 0.15) is 18.0 Å². The lowest BCUT2D eigenvalue weighted by molar-refractivity contribution is -0.121. The monoisotopic (exact) mass is 462 g/mol. The van der Waals surface area contributed by atoms with Crippen LogP contribution >= 0.6 is 11.8 Å². The van der Waals surface area contributed by atoms with Crippen molar-refractivity contribution in [3.05, 3.63) is 78.4 Å². The second-order valence-electron chi connectivity index (χ2n) is 7.54. The summed E-state index contributed by atoms with van der Waals surface area (Å²) in [6, 6.07) is 22.7. The first kappa shape index (κ1) is 22.7. The van der Waals surface area contributed by atoms with Gasteiger partial charge >= 0.3 is 0 Å². The highest BCUT2D eigenvalue weighted by atomic mass is 32.2. The van der Waals surface area contributed by atoms with E-state index in [0.29, 0.717) is 18.7 Å². The molecule has 4 rings (SSSR count). The molecule has 1 aliphatic rings. The summed E-state index contributed by atoms with van der Waals surface area (Å²) in [6.07, 6.45) is 0.294. The van der Waals surface area contributed by atoms with Crippen LogP contribution in [0.25, 0.3) is 0 Å². The summed E-state index contributed by atoms with van der Waals surface area (Å²) < 4.78 is 10.7. The summed E-state index contributed by atoms with van der Waals surface area (Å²) in [5.74, 6) is 1.18. The highest BCUT2D eigenvalue weighted by molar-refractivity contribution is 7.99. The van der Waals surface area contributed by atoms with E-state index < -0.39 is 0 Å². The van der Waals surface area contributed by atoms with Crippen LogP contribution < -0.4 is 19.7 Å². The van der Waals surface area contributed by atoms with Gasteiger partial charge < -0.3 is 19.7 Å². The highest BCUT2D eigenvalue weighted by Gasteiger charge is 2.30. The van der Waals surface area contributed by atoms with E-state index in [1.54, 1.807) is 35.9 Å². The van der Waals surface area contributed by atoms with Crippen molar-refractivity contribution in [2.24, 2.45) is 0 Å². The number of ether oxygens (including phenoxy) is 2. The predicted molar refractivity (Wildman–Crippen MR) is 131 cm³/mol. The third-order valence-corrected chi connectivity index (χ3v) is 6.65. The maximum absolute atomic E-state index is 13.3. The minimum absolute atomic E-state index is 0.0521. The van der Waals surface area contributed by atoms with E-state index in [-0.39, 0.29) is 23.6 Å². The van der Waals surface area contributed by atoms with Gasteiger partial charge in [-0.3, -0.25) is 9.59 Å². The molecule has 0 bridgehead atoms. The number of methoxy groups -OCH3 is 1. The first-order valence-electron chi connectivity index (χ1n) is 10.8. The molecule has 1 aliphatic heterocycles. The van der Waals surface area contributed by atoms with Crippen molar-refractivity contribution in [2.75, 3.05) is 30.5 Å². The fourth-order valence-corrected chi connectivity index (χ4v) is 4.98. The van der Waals surface area contributed by atoms with Gasteiger partial charge in [0, 0.05) is 22.3 Å². The second kappa shape index (κ2) is 10.4. The summed E-state index contributed by atoms with van der Waals surface area (Å²) in [6.45, 7) is 2.44. The van der Waals surface area contributed by atoms with E-state index in [1.165, 1.54) is 0 Å². The SMILES string of the molecule is CCOc1ccc(NC(=O)CN2C(=O)C[C@@H](c3ccc(OC)cc3)Sc3ccccc32)cc1. The van der Waals surface area contributed by atoms with E-state index in [9.17, 15) is 9.59 Å². The third-order valence-electron chi connectivity index (χ3n) is 5.32. The van der Waals surface area contributed by atoms with E-state index >= 15 is 0 Å². The third kappa shape index (κ3) is 5.49. The molecule has 0 fully saturated rings. The van der Waals surface area contributed by atoms with Crippen LogP contribution in [-0.4, -0.2) is 32.1 Å². The van der Waals surface area contributed by atoms with Crippen LogP contribution in [0.15, 0.2) is 77.7 Å². The molecule has 0 saturated carbocycles. The highest BCUT2D eigenvalue weighted by Crippen LogP contribution is 2.45. The molecule has 3 aromatic rings. The molecule has 0 aromatic heterocycles. The second-order valence-corrected chi connectivity index (χ2v) is 8.78. The number of para-hydroxylation sites is 1. The normalized spacial score (nSPS) is 15.4. The van der Waals surface area contributed by atoms with Crippen molar-refractivity contribution in [1.29, 1.82) is 0 Å². The van der Waals surface area contributed by atoms with Gasteiger partial charge in [-0.2, -0.15) is 0 Å². The topological polar surface area (TPSA) is 67.9 Å². The van der Waals surface area contributed by atoms with E-state index in [2.05, 4.69) is 5.32 Å². The Hall–Kier alpha value is -3.45. The van der Waals surface area contributed by atoms with Gasteiger partial charge in [-0.05, 0) is 61.0 Å². The first-order chi connectivity index (χ1) is 16.1. The van der Waals surface area contributed by atoms with Gasteiger partial charge in [0.05, 0.1) is 19.4 Å². The number of thioether (sulfide) groups is 1. The lowest BCUT2D eigenvalue weighted by Crippen LogP contribution is -2.38. The molecule has 3 aromatic carbocycles. The zero-order chi connectivity index (χ0) is 23.2. The summed E-state index contributed by atoms with van der Waals surface area (Å²) in [5.41, 5.74) is 2.46. The molecule has 0 aliphatic carbocycles. The molecule has 1 heterocycles. The maximum Gasteiger partial charge on any atom is 0.244 e. The van der Waals surface area contributed by atoms with Gasteiger partial charge in [0.15, 0.2) is 0 Å². The Labute approximate surface area is 197 Å². The van der Waals surface area contributed by atoms with Crippen LogP contribution in [0.3, 0.4) is 0 Å².